The van der Waals surface area contributed by atoms with Gasteiger partial charge in [0.2, 0.25) is 0 Å². The van der Waals surface area contributed by atoms with Gasteiger partial charge in [-0.05, 0) is 36.6 Å². The van der Waals surface area contributed by atoms with Crippen molar-refractivity contribution in [2.45, 2.75) is 59.0 Å². The van der Waals surface area contributed by atoms with Crippen molar-refractivity contribution in [3.63, 3.8) is 0 Å². The van der Waals surface area contributed by atoms with Crippen LogP contribution in [-0.2, 0) is 24.3 Å². The average Bonchev–Trinajstić information content (AvgIpc) is 3.59. The number of imidazole rings is 2. The van der Waals surface area contributed by atoms with Crippen LogP contribution in [0.25, 0.3) is 6.08 Å². The van der Waals surface area contributed by atoms with Crippen molar-refractivity contribution in [1.29, 1.82) is 0 Å². The normalized spacial score (nSPS) is 14.8. The number of benzene rings is 1. The Morgan fingerprint density at radius 3 is 2.43 bits per heavy atom. The Labute approximate surface area is 215 Å². The van der Waals surface area contributed by atoms with Gasteiger partial charge in [-0.25, -0.2) is 19.6 Å². The number of unbranched alkanes of at least 4 members (excludes halogenated alkanes) is 2. The van der Waals surface area contributed by atoms with E-state index in [0.29, 0.717) is 24.5 Å². The topological polar surface area (TPSA) is 124 Å². The van der Waals surface area contributed by atoms with E-state index < -0.39 is 5.97 Å². The second kappa shape index (κ2) is 11.7. The summed E-state index contributed by atoms with van der Waals surface area (Å²) >= 11 is 0. The van der Waals surface area contributed by atoms with Gasteiger partial charge in [-0.3, -0.25) is 14.6 Å². The Hall–Kier alpha value is -4.21. The fourth-order valence-corrected chi connectivity index (χ4v) is 4.27. The highest BCUT2D eigenvalue weighted by Gasteiger charge is 2.40. The fraction of sp³-hybridized carbons (Fsp3) is 0.370. The summed E-state index contributed by atoms with van der Waals surface area (Å²) < 4.78 is 2.03. The van der Waals surface area contributed by atoms with Crippen LogP contribution in [0, 0.1) is 0 Å². The summed E-state index contributed by atoms with van der Waals surface area (Å²) in [6.45, 7) is 5.15. The summed E-state index contributed by atoms with van der Waals surface area (Å²) in [7, 11) is 0. The summed E-state index contributed by atoms with van der Waals surface area (Å²) in [5, 5.41) is 9.22. The van der Waals surface area contributed by atoms with Gasteiger partial charge < -0.3 is 14.7 Å². The molecular formula is C27H32N6O4. The minimum absolute atomic E-state index is 0.201. The summed E-state index contributed by atoms with van der Waals surface area (Å²) in [5.41, 5.74) is 2.85. The summed E-state index contributed by atoms with van der Waals surface area (Å²) in [6.07, 6.45) is 11.0. The molecule has 10 nitrogen and oxygen atoms in total. The average molecular weight is 505 g/mol. The minimum atomic E-state index is -0.974. The monoisotopic (exact) mass is 504 g/mol. The number of aryl methyl sites for hydroxylation is 1. The maximum atomic E-state index is 13.4. The molecule has 1 fully saturated rings. The molecule has 4 rings (SSSR count). The molecule has 3 amide bonds. The van der Waals surface area contributed by atoms with Crippen LogP contribution >= 0.6 is 0 Å². The number of rotatable bonds is 12. The van der Waals surface area contributed by atoms with Crippen LogP contribution in [-0.4, -0.2) is 58.9 Å². The number of carboxylic acid groups (broad SMARTS) is 1. The van der Waals surface area contributed by atoms with E-state index in [9.17, 15) is 19.5 Å². The van der Waals surface area contributed by atoms with Gasteiger partial charge in [0.15, 0.2) is 0 Å². The number of carbonyl (C=O) groups is 3. The highest BCUT2D eigenvalue weighted by Crippen LogP contribution is 2.27. The van der Waals surface area contributed by atoms with Crippen molar-refractivity contribution in [3.05, 3.63) is 77.0 Å². The van der Waals surface area contributed by atoms with Crippen molar-refractivity contribution in [3.8, 4) is 0 Å². The molecule has 1 aliphatic heterocycles. The first kappa shape index (κ1) is 25.9. The molecule has 0 unspecified atom stereocenters. The third-order valence-corrected chi connectivity index (χ3v) is 6.38. The minimum Gasteiger partial charge on any atom is -0.478 e. The number of carboxylic acids is 1. The van der Waals surface area contributed by atoms with Crippen molar-refractivity contribution < 1.29 is 19.5 Å². The zero-order chi connectivity index (χ0) is 26.4. The van der Waals surface area contributed by atoms with Crippen LogP contribution < -0.4 is 0 Å². The zero-order valence-corrected chi connectivity index (χ0v) is 21.2. The van der Waals surface area contributed by atoms with Crippen molar-refractivity contribution in [1.82, 2.24) is 29.3 Å². The number of nitrogens with one attached hydrogen (secondary N) is 1. The van der Waals surface area contributed by atoms with Crippen molar-refractivity contribution >= 4 is 24.0 Å². The number of amides is 3. The standard InChI is InChI=1S/C27H32N6O4/c1-3-5-7-24-29-15-22(32(24)16-19-8-10-20(11-9-19)26(35)36)13-23-25(34)31(12-6-4-2)27(37)33(23)17-21-14-28-18-30-21/h8-11,13-15,18H,3-7,12,16-17H2,1-2H3,(H,28,30)(H,35,36)/b23-13-. The lowest BCUT2D eigenvalue weighted by Crippen LogP contribution is -2.33. The second-order valence-corrected chi connectivity index (χ2v) is 9.08. The fourth-order valence-electron chi connectivity index (χ4n) is 4.27. The molecule has 0 aliphatic carbocycles. The highest BCUT2D eigenvalue weighted by atomic mass is 16.4. The van der Waals surface area contributed by atoms with Gasteiger partial charge in [0, 0.05) is 25.7 Å². The van der Waals surface area contributed by atoms with E-state index in [1.54, 1.807) is 49.1 Å². The van der Waals surface area contributed by atoms with Gasteiger partial charge >= 0.3 is 12.0 Å². The molecule has 3 aromatic rings. The quantitative estimate of drug-likeness (QED) is 0.280. The van der Waals surface area contributed by atoms with Crippen LogP contribution in [0.4, 0.5) is 4.79 Å². The number of carbonyl (C=O) groups excluding carboxylic acids is 2. The Kier molecular flexibility index (Phi) is 8.17. The van der Waals surface area contributed by atoms with Gasteiger partial charge in [0.05, 0.1) is 36.0 Å². The number of hydrogen-bond donors (Lipinski definition) is 2. The third-order valence-electron chi connectivity index (χ3n) is 6.38. The van der Waals surface area contributed by atoms with Gasteiger partial charge in [-0.2, -0.15) is 0 Å². The SMILES string of the molecule is CCCCc1ncc(/C=C2/C(=O)N(CCCC)C(=O)N2Cc2cnc[nH]2)n1Cc1ccc(C(=O)O)cc1. The lowest BCUT2D eigenvalue weighted by Gasteiger charge is -2.16. The molecule has 0 radical (unpaired) electrons. The number of aromatic amines is 1. The predicted octanol–water partition coefficient (Wildman–Crippen LogP) is 4.30. The maximum Gasteiger partial charge on any atom is 0.335 e. The largest absolute Gasteiger partial charge is 0.478 e. The summed E-state index contributed by atoms with van der Waals surface area (Å²) in [5.74, 6) is -0.431. The van der Waals surface area contributed by atoms with Gasteiger partial charge in [0.25, 0.3) is 5.91 Å². The van der Waals surface area contributed by atoms with Crippen LogP contribution in [0.5, 0.6) is 0 Å². The molecule has 1 aliphatic rings. The predicted molar refractivity (Wildman–Crippen MR) is 137 cm³/mol. The molecule has 194 valence electrons. The number of imide groups is 1. The van der Waals surface area contributed by atoms with Crippen LogP contribution in [0.2, 0.25) is 0 Å². The smallest absolute Gasteiger partial charge is 0.335 e. The second-order valence-electron chi connectivity index (χ2n) is 9.08. The first-order valence-electron chi connectivity index (χ1n) is 12.6. The number of hydrogen-bond acceptors (Lipinski definition) is 5. The molecule has 3 heterocycles. The molecule has 1 aromatic carbocycles. The molecule has 1 saturated heterocycles. The molecule has 2 aromatic heterocycles. The molecule has 37 heavy (non-hydrogen) atoms. The summed E-state index contributed by atoms with van der Waals surface area (Å²) in [4.78, 5) is 52.3. The number of H-pyrrole nitrogens is 1. The number of aromatic carboxylic acids is 1. The van der Waals surface area contributed by atoms with E-state index in [-0.39, 0.29) is 24.0 Å². The highest BCUT2D eigenvalue weighted by molar-refractivity contribution is 6.13. The van der Waals surface area contributed by atoms with Gasteiger partial charge in [0.1, 0.15) is 11.5 Å². The lowest BCUT2D eigenvalue weighted by molar-refractivity contribution is -0.123. The van der Waals surface area contributed by atoms with Gasteiger partial charge in [-0.1, -0.05) is 38.8 Å². The Bertz CT molecular complexity index is 1280. The van der Waals surface area contributed by atoms with Crippen LogP contribution in [0.15, 0.2) is 48.7 Å². The van der Waals surface area contributed by atoms with E-state index in [0.717, 1.165) is 49.2 Å². The number of aromatic nitrogens is 4. The van der Waals surface area contributed by atoms with E-state index in [2.05, 4.69) is 21.9 Å². The van der Waals surface area contributed by atoms with E-state index in [1.807, 2.05) is 11.5 Å². The lowest BCUT2D eigenvalue weighted by atomic mass is 10.1. The Morgan fingerprint density at radius 2 is 1.78 bits per heavy atom. The zero-order valence-electron chi connectivity index (χ0n) is 21.2. The molecule has 0 spiro atoms. The first-order valence-corrected chi connectivity index (χ1v) is 12.6. The molecule has 2 N–H and O–H groups in total. The number of nitrogens with zero attached hydrogens (tertiary/aromatic N) is 5. The Morgan fingerprint density at radius 1 is 1.03 bits per heavy atom. The van der Waals surface area contributed by atoms with E-state index in [1.165, 1.54) is 9.80 Å². The van der Waals surface area contributed by atoms with E-state index >= 15 is 0 Å². The third kappa shape index (κ3) is 5.79. The first-order chi connectivity index (χ1) is 17.9. The number of urea groups is 1. The molecule has 0 saturated carbocycles. The summed E-state index contributed by atoms with van der Waals surface area (Å²) in [6, 6.07) is 6.38. The van der Waals surface area contributed by atoms with Gasteiger partial charge in [-0.15, -0.1) is 0 Å². The maximum absolute atomic E-state index is 13.4. The molecule has 0 bridgehead atoms. The Balaban J connectivity index is 1.71. The molecular weight excluding hydrogens is 472 g/mol. The molecule has 10 heteroatoms. The molecule has 0 atom stereocenters. The van der Waals surface area contributed by atoms with Crippen molar-refractivity contribution in [2.24, 2.45) is 0 Å². The van der Waals surface area contributed by atoms with Crippen LogP contribution in [0.3, 0.4) is 0 Å². The van der Waals surface area contributed by atoms with Crippen molar-refractivity contribution in [2.75, 3.05) is 6.54 Å². The van der Waals surface area contributed by atoms with Crippen LogP contribution in [0.1, 0.15) is 72.7 Å². The van der Waals surface area contributed by atoms with E-state index in [4.69, 9.17) is 0 Å².